The monoisotopic (exact) mass is 342 g/mol. The van der Waals surface area contributed by atoms with Crippen LogP contribution in [0.2, 0.25) is 0 Å². The van der Waals surface area contributed by atoms with Crippen LogP contribution in [0, 0.1) is 0 Å². The first-order chi connectivity index (χ1) is 11.6. The third kappa shape index (κ3) is 4.26. The van der Waals surface area contributed by atoms with Gasteiger partial charge in [0.1, 0.15) is 5.75 Å². The Morgan fingerprint density at radius 3 is 2.29 bits per heavy atom. The Morgan fingerprint density at radius 1 is 0.917 bits per heavy atom. The summed E-state index contributed by atoms with van der Waals surface area (Å²) in [5.41, 5.74) is 1.89. The molecule has 1 aromatic heterocycles. The summed E-state index contributed by atoms with van der Waals surface area (Å²) in [6.07, 6.45) is 1.32. The SMILES string of the molecule is O=S(=O)(CCCc1ccccc1)Cc1nnnn1-c1ccccc1. The maximum atomic E-state index is 12.4. The lowest BCUT2D eigenvalue weighted by atomic mass is 10.1. The second kappa shape index (κ2) is 7.35. The van der Waals surface area contributed by atoms with Gasteiger partial charge in [0.05, 0.1) is 11.4 Å². The van der Waals surface area contributed by atoms with E-state index >= 15 is 0 Å². The first-order valence-corrected chi connectivity index (χ1v) is 9.53. The van der Waals surface area contributed by atoms with Gasteiger partial charge in [-0.05, 0) is 41.0 Å². The molecule has 124 valence electrons. The van der Waals surface area contributed by atoms with Crippen molar-refractivity contribution in [2.45, 2.75) is 18.6 Å². The maximum absolute atomic E-state index is 12.4. The van der Waals surface area contributed by atoms with Gasteiger partial charge in [-0.2, -0.15) is 4.68 Å². The molecular formula is C17H18N4O2S. The zero-order chi connectivity index (χ0) is 16.8. The summed E-state index contributed by atoms with van der Waals surface area (Å²) in [5, 5.41) is 11.4. The minimum absolute atomic E-state index is 0.115. The number of tetrazole rings is 1. The van der Waals surface area contributed by atoms with Crippen LogP contribution in [0.3, 0.4) is 0 Å². The lowest BCUT2D eigenvalue weighted by molar-refractivity contribution is 0.590. The van der Waals surface area contributed by atoms with Crippen molar-refractivity contribution < 1.29 is 8.42 Å². The maximum Gasteiger partial charge on any atom is 0.171 e. The number of benzene rings is 2. The molecule has 6 nitrogen and oxygen atoms in total. The second-order valence-corrected chi connectivity index (χ2v) is 7.71. The van der Waals surface area contributed by atoms with E-state index < -0.39 is 9.84 Å². The van der Waals surface area contributed by atoms with Gasteiger partial charge in [-0.1, -0.05) is 48.5 Å². The quantitative estimate of drug-likeness (QED) is 0.658. The van der Waals surface area contributed by atoms with Gasteiger partial charge in [0, 0.05) is 0 Å². The van der Waals surface area contributed by atoms with E-state index in [2.05, 4.69) is 15.5 Å². The molecule has 1 heterocycles. The zero-order valence-corrected chi connectivity index (χ0v) is 13.9. The largest absolute Gasteiger partial charge is 0.228 e. The molecule has 0 radical (unpaired) electrons. The first kappa shape index (κ1) is 16.3. The predicted octanol–water partition coefficient (Wildman–Crippen LogP) is 2.21. The van der Waals surface area contributed by atoms with Crippen molar-refractivity contribution in [3.63, 3.8) is 0 Å². The molecule has 0 fully saturated rings. The van der Waals surface area contributed by atoms with E-state index in [1.807, 2.05) is 60.7 Å². The fraction of sp³-hybridized carbons (Fsp3) is 0.235. The van der Waals surface area contributed by atoms with Crippen molar-refractivity contribution >= 4 is 9.84 Å². The topological polar surface area (TPSA) is 77.7 Å². The third-order valence-corrected chi connectivity index (χ3v) is 5.26. The van der Waals surface area contributed by atoms with E-state index in [0.717, 1.165) is 17.7 Å². The summed E-state index contributed by atoms with van der Waals surface area (Å²) < 4.78 is 26.2. The third-order valence-electron chi connectivity index (χ3n) is 3.65. The molecule has 3 rings (SSSR count). The highest BCUT2D eigenvalue weighted by Gasteiger charge is 2.18. The Balaban J connectivity index is 1.64. The number of nitrogens with zero attached hydrogens (tertiary/aromatic N) is 4. The number of aromatic nitrogens is 4. The molecular weight excluding hydrogens is 324 g/mol. The molecule has 0 atom stereocenters. The number of rotatable bonds is 7. The Morgan fingerprint density at radius 2 is 1.58 bits per heavy atom. The molecule has 0 aliphatic heterocycles. The highest BCUT2D eigenvalue weighted by Crippen LogP contribution is 2.11. The van der Waals surface area contributed by atoms with Gasteiger partial charge in [-0.3, -0.25) is 0 Å². The normalized spacial score (nSPS) is 11.5. The van der Waals surface area contributed by atoms with E-state index in [4.69, 9.17) is 0 Å². The number of hydrogen-bond donors (Lipinski definition) is 0. The van der Waals surface area contributed by atoms with Crippen LogP contribution in [-0.4, -0.2) is 34.4 Å². The fourth-order valence-electron chi connectivity index (χ4n) is 2.48. The van der Waals surface area contributed by atoms with E-state index in [1.165, 1.54) is 4.68 Å². The minimum atomic E-state index is -3.27. The summed E-state index contributed by atoms with van der Waals surface area (Å²) in [4.78, 5) is 0. The number of hydrogen-bond acceptors (Lipinski definition) is 5. The van der Waals surface area contributed by atoms with Crippen LogP contribution in [0.25, 0.3) is 5.69 Å². The lowest BCUT2D eigenvalue weighted by Gasteiger charge is -2.06. The van der Waals surface area contributed by atoms with Crippen LogP contribution in [0.4, 0.5) is 0 Å². The summed E-state index contributed by atoms with van der Waals surface area (Å²) in [5.74, 6) is 0.286. The van der Waals surface area contributed by atoms with Crippen LogP contribution in [0.15, 0.2) is 60.7 Å². The molecule has 0 unspecified atom stereocenters. The van der Waals surface area contributed by atoms with Gasteiger partial charge < -0.3 is 0 Å². The van der Waals surface area contributed by atoms with Gasteiger partial charge in [0.2, 0.25) is 0 Å². The molecule has 7 heteroatoms. The van der Waals surface area contributed by atoms with Crippen molar-refractivity contribution in [3.8, 4) is 5.69 Å². The van der Waals surface area contributed by atoms with Crippen molar-refractivity contribution in [1.82, 2.24) is 20.2 Å². The van der Waals surface area contributed by atoms with Crippen LogP contribution < -0.4 is 0 Å². The lowest BCUT2D eigenvalue weighted by Crippen LogP contribution is -2.14. The second-order valence-electron chi connectivity index (χ2n) is 5.52. The molecule has 24 heavy (non-hydrogen) atoms. The molecule has 0 bridgehead atoms. The summed E-state index contributed by atoms with van der Waals surface area (Å²) >= 11 is 0. The molecule has 0 aliphatic rings. The van der Waals surface area contributed by atoms with E-state index in [9.17, 15) is 8.42 Å². The van der Waals surface area contributed by atoms with Crippen molar-refractivity contribution in [1.29, 1.82) is 0 Å². The van der Waals surface area contributed by atoms with E-state index in [0.29, 0.717) is 12.2 Å². The molecule has 0 spiro atoms. The molecule has 0 N–H and O–H groups in total. The fourth-order valence-corrected chi connectivity index (χ4v) is 3.78. The standard InChI is InChI=1S/C17H18N4O2S/c22-24(23,13-7-10-15-8-3-1-4-9-15)14-17-18-19-20-21(17)16-11-5-2-6-12-16/h1-6,8-9,11-12H,7,10,13-14H2. The number of aryl methyl sites for hydroxylation is 1. The van der Waals surface area contributed by atoms with Gasteiger partial charge in [-0.25, -0.2) is 8.42 Å². The van der Waals surface area contributed by atoms with Crippen molar-refractivity contribution in [2.24, 2.45) is 0 Å². The highest BCUT2D eigenvalue weighted by atomic mass is 32.2. The van der Waals surface area contributed by atoms with Crippen LogP contribution in [0.5, 0.6) is 0 Å². The van der Waals surface area contributed by atoms with E-state index in [1.54, 1.807) is 0 Å². The summed E-state index contributed by atoms with van der Waals surface area (Å²) in [6.45, 7) is 0. The molecule has 0 aliphatic carbocycles. The van der Waals surface area contributed by atoms with Gasteiger partial charge >= 0.3 is 0 Å². The molecule has 3 aromatic rings. The summed E-state index contributed by atoms with van der Waals surface area (Å²) in [6, 6.07) is 19.1. The molecule has 0 saturated carbocycles. The van der Waals surface area contributed by atoms with Gasteiger partial charge in [0.25, 0.3) is 0 Å². The Labute approximate surface area is 141 Å². The predicted molar refractivity (Wildman–Crippen MR) is 91.4 cm³/mol. The number of sulfone groups is 1. The molecule has 0 saturated heterocycles. The average Bonchev–Trinajstić information content (AvgIpc) is 3.04. The first-order valence-electron chi connectivity index (χ1n) is 7.71. The Kier molecular flexibility index (Phi) is 5.00. The Bertz CT molecular complexity index is 877. The molecule has 2 aromatic carbocycles. The zero-order valence-electron chi connectivity index (χ0n) is 13.1. The van der Waals surface area contributed by atoms with Crippen LogP contribution >= 0.6 is 0 Å². The van der Waals surface area contributed by atoms with Crippen molar-refractivity contribution in [3.05, 3.63) is 72.1 Å². The smallest absolute Gasteiger partial charge is 0.171 e. The average molecular weight is 342 g/mol. The van der Waals surface area contributed by atoms with Gasteiger partial charge in [-0.15, -0.1) is 5.10 Å². The number of para-hydroxylation sites is 1. The summed E-state index contributed by atoms with van der Waals surface area (Å²) in [7, 11) is -3.27. The highest BCUT2D eigenvalue weighted by molar-refractivity contribution is 7.90. The van der Waals surface area contributed by atoms with Gasteiger partial charge in [0.15, 0.2) is 15.7 Å². The van der Waals surface area contributed by atoms with Crippen molar-refractivity contribution in [2.75, 3.05) is 5.75 Å². The van der Waals surface area contributed by atoms with Crippen LogP contribution in [0.1, 0.15) is 17.8 Å². The van der Waals surface area contributed by atoms with Crippen LogP contribution in [-0.2, 0) is 22.0 Å². The van der Waals surface area contributed by atoms with E-state index in [-0.39, 0.29) is 11.5 Å². The Hall–Kier alpha value is -2.54. The molecule has 0 amide bonds. The minimum Gasteiger partial charge on any atom is -0.228 e.